The Balaban J connectivity index is 1.72. The monoisotopic (exact) mass is 284 g/mol. The Kier molecular flexibility index (Phi) is 3.53. The molecule has 0 bridgehead atoms. The molecule has 110 valence electrons. The second kappa shape index (κ2) is 5.35. The van der Waals surface area contributed by atoms with E-state index in [4.69, 9.17) is 4.42 Å². The Morgan fingerprint density at radius 2 is 2.00 bits per heavy atom. The molecule has 0 aliphatic heterocycles. The van der Waals surface area contributed by atoms with Crippen LogP contribution in [0.15, 0.2) is 34.7 Å². The molecular formula is C17H20N2O2. The van der Waals surface area contributed by atoms with E-state index in [-0.39, 0.29) is 11.3 Å². The minimum Gasteiger partial charge on any atom is -0.444 e. The van der Waals surface area contributed by atoms with Crippen LogP contribution in [0.1, 0.15) is 42.2 Å². The summed E-state index contributed by atoms with van der Waals surface area (Å²) in [5, 5.41) is 2.99. The number of amides is 1. The summed E-state index contributed by atoms with van der Waals surface area (Å²) >= 11 is 0. The third kappa shape index (κ3) is 2.46. The summed E-state index contributed by atoms with van der Waals surface area (Å²) in [7, 11) is 0. The fourth-order valence-corrected chi connectivity index (χ4v) is 2.87. The largest absolute Gasteiger partial charge is 0.444 e. The zero-order chi connectivity index (χ0) is 14.9. The number of carbonyl (C=O) groups excluding carboxylic acids is 1. The lowest BCUT2D eigenvalue weighted by atomic mass is 9.64. The molecule has 1 amide bonds. The third-order valence-corrected chi connectivity index (χ3v) is 4.44. The number of aromatic nitrogens is 1. The van der Waals surface area contributed by atoms with Gasteiger partial charge in [-0.1, -0.05) is 36.8 Å². The molecule has 1 heterocycles. The molecule has 0 radical (unpaired) electrons. The number of hydrogen-bond donors (Lipinski definition) is 1. The van der Waals surface area contributed by atoms with Gasteiger partial charge in [-0.25, -0.2) is 4.98 Å². The van der Waals surface area contributed by atoms with E-state index in [9.17, 15) is 4.79 Å². The van der Waals surface area contributed by atoms with Gasteiger partial charge in [-0.3, -0.25) is 4.79 Å². The highest BCUT2D eigenvalue weighted by Crippen LogP contribution is 2.43. The lowest BCUT2D eigenvalue weighted by molar-refractivity contribution is -0.130. The van der Waals surface area contributed by atoms with E-state index >= 15 is 0 Å². The van der Waals surface area contributed by atoms with Crippen molar-refractivity contribution in [3.8, 4) is 0 Å². The predicted molar refractivity (Wildman–Crippen MR) is 79.8 cm³/mol. The first kappa shape index (κ1) is 13.9. The number of oxazole rings is 1. The number of benzene rings is 1. The van der Waals surface area contributed by atoms with Crippen molar-refractivity contribution >= 4 is 5.91 Å². The van der Waals surface area contributed by atoms with E-state index in [2.05, 4.69) is 10.3 Å². The summed E-state index contributed by atoms with van der Waals surface area (Å²) in [5.41, 5.74) is 1.62. The van der Waals surface area contributed by atoms with E-state index in [1.54, 1.807) is 0 Å². The fraction of sp³-hybridized carbons (Fsp3) is 0.412. The maximum absolute atomic E-state index is 12.6. The van der Waals surface area contributed by atoms with Gasteiger partial charge in [-0.15, -0.1) is 0 Å². The summed E-state index contributed by atoms with van der Waals surface area (Å²) in [6.07, 6.45) is 2.92. The van der Waals surface area contributed by atoms with Gasteiger partial charge in [0.2, 0.25) is 11.8 Å². The Labute approximate surface area is 124 Å². The molecule has 2 aromatic rings. The first-order valence-electron chi connectivity index (χ1n) is 7.38. The highest BCUT2D eigenvalue weighted by atomic mass is 16.4. The van der Waals surface area contributed by atoms with Gasteiger partial charge in [0.05, 0.1) is 17.7 Å². The van der Waals surface area contributed by atoms with Crippen molar-refractivity contribution in [3.05, 3.63) is 53.2 Å². The average Bonchev–Trinajstić information content (AvgIpc) is 2.76. The summed E-state index contributed by atoms with van der Waals surface area (Å²) < 4.78 is 5.51. The van der Waals surface area contributed by atoms with Gasteiger partial charge >= 0.3 is 0 Å². The third-order valence-electron chi connectivity index (χ3n) is 4.44. The molecule has 1 N–H and O–H groups in total. The maximum atomic E-state index is 12.6. The molecule has 1 saturated carbocycles. The van der Waals surface area contributed by atoms with Crippen LogP contribution in [0.3, 0.4) is 0 Å². The van der Waals surface area contributed by atoms with Crippen molar-refractivity contribution in [1.29, 1.82) is 0 Å². The molecule has 4 nitrogen and oxygen atoms in total. The van der Waals surface area contributed by atoms with Gasteiger partial charge < -0.3 is 9.73 Å². The lowest BCUT2D eigenvalue weighted by Gasteiger charge is -2.40. The van der Waals surface area contributed by atoms with Crippen LogP contribution in [-0.4, -0.2) is 10.9 Å². The van der Waals surface area contributed by atoms with E-state index in [1.165, 1.54) is 0 Å². The predicted octanol–water partition coefficient (Wildman–Crippen LogP) is 3.03. The van der Waals surface area contributed by atoms with Gasteiger partial charge in [0.25, 0.3) is 0 Å². The van der Waals surface area contributed by atoms with E-state index in [0.29, 0.717) is 12.4 Å². The molecule has 3 rings (SSSR count). The van der Waals surface area contributed by atoms with Crippen molar-refractivity contribution in [2.45, 2.75) is 45.1 Å². The van der Waals surface area contributed by atoms with Crippen molar-refractivity contribution in [1.82, 2.24) is 10.3 Å². The number of nitrogens with one attached hydrogen (secondary N) is 1. The fourth-order valence-electron chi connectivity index (χ4n) is 2.87. The molecule has 0 atom stereocenters. The van der Waals surface area contributed by atoms with Crippen LogP contribution in [-0.2, 0) is 16.8 Å². The van der Waals surface area contributed by atoms with E-state index in [1.807, 2.05) is 44.2 Å². The number of aryl methyl sites for hydroxylation is 2. The van der Waals surface area contributed by atoms with Crippen LogP contribution in [0.25, 0.3) is 0 Å². The number of hydrogen-bond acceptors (Lipinski definition) is 3. The molecule has 4 heteroatoms. The van der Waals surface area contributed by atoms with E-state index < -0.39 is 0 Å². The molecule has 1 aromatic heterocycles. The van der Waals surface area contributed by atoms with Gasteiger partial charge in [0.15, 0.2) is 0 Å². The minimum absolute atomic E-state index is 0.0773. The minimum atomic E-state index is -0.363. The second-order valence-electron chi connectivity index (χ2n) is 5.73. The maximum Gasteiger partial charge on any atom is 0.231 e. The summed E-state index contributed by atoms with van der Waals surface area (Å²) in [5.74, 6) is 1.45. The Bertz CT molecular complexity index is 623. The molecule has 1 aliphatic carbocycles. The van der Waals surface area contributed by atoms with Gasteiger partial charge in [0, 0.05) is 0 Å². The van der Waals surface area contributed by atoms with Crippen molar-refractivity contribution < 1.29 is 9.21 Å². The van der Waals surface area contributed by atoms with Crippen molar-refractivity contribution in [2.75, 3.05) is 0 Å². The summed E-state index contributed by atoms with van der Waals surface area (Å²) in [6.45, 7) is 4.13. The van der Waals surface area contributed by atoms with Crippen molar-refractivity contribution in [3.63, 3.8) is 0 Å². The van der Waals surface area contributed by atoms with Crippen LogP contribution in [0.4, 0.5) is 0 Å². The van der Waals surface area contributed by atoms with Gasteiger partial charge in [0.1, 0.15) is 5.76 Å². The van der Waals surface area contributed by atoms with Gasteiger partial charge in [-0.05, 0) is 32.3 Å². The van der Waals surface area contributed by atoms with Crippen LogP contribution < -0.4 is 5.32 Å². The smallest absolute Gasteiger partial charge is 0.231 e. The molecule has 21 heavy (non-hydrogen) atoms. The summed E-state index contributed by atoms with van der Waals surface area (Å²) in [4.78, 5) is 16.9. The standard InChI is InChI=1S/C17H20N2O2/c1-12-13(2)21-15(19-12)11-18-16(20)17(9-6-10-17)14-7-4-3-5-8-14/h3-5,7-8H,6,9-11H2,1-2H3,(H,18,20). The molecule has 0 spiro atoms. The highest BCUT2D eigenvalue weighted by molar-refractivity contribution is 5.89. The zero-order valence-electron chi connectivity index (χ0n) is 12.5. The Morgan fingerprint density at radius 1 is 1.29 bits per heavy atom. The first-order chi connectivity index (χ1) is 10.1. The Hall–Kier alpha value is -2.10. The second-order valence-corrected chi connectivity index (χ2v) is 5.73. The molecule has 1 aromatic carbocycles. The van der Waals surface area contributed by atoms with Crippen LogP contribution >= 0.6 is 0 Å². The summed E-state index contributed by atoms with van der Waals surface area (Å²) in [6, 6.07) is 10.0. The number of nitrogens with zero attached hydrogens (tertiary/aromatic N) is 1. The number of carbonyl (C=O) groups is 1. The number of rotatable bonds is 4. The van der Waals surface area contributed by atoms with E-state index in [0.717, 1.165) is 36.3 Å². The molecule has 0 unspecified atom stereocenters. The molecule has 0 saturated heterocycles. The average molecular weight is 284 g/mol. The molecular weight excluding hydrogens is 264 g/mol. The first-order valence-corrected chi connectivity index (χ1v) is 7.38. The normalized spacial score (nSPS) is 16.3. The highest BCUT2D eigenvalue weighted by Gasteiger charge is 2.45. The lowest BCUT2D eigenvalue weighted by Crippen LogP contribution is -2.49. The van der Waals surface area contributed by atoms with Crippen LogP contribution in [0.5, 0.6) is 0 Å². The van der Waals surface area contributed by atoms with Crippen LogP contribution in [0, 0.1) is 13.8 Å². The van der Waals surface area contributed by atoms with Crippen LogP contribution in [0.2, 0.25) is 0 Å². The topological polar surface area (TPSA) is 55.1 Å². The molecule has 1 aliphatic rings. The van der Waals surface area contributed by atoms with Gasteiger partial charge in [-0.2, -0.15) is 0 Å². The Morgan fingerprint density at radius 3 is 2.52 bits per heavy atom. The molecule has 1 fully saturated rings. The zero-order valence-corrected chi connectivity index (χ0v) is 12.5. The van der Waals surface area contributed by atoms with Crippen molar-refractivity contribution in [2.24, 2.45) is 0 Å². The SMILES string of the molecule is Cc1nc(CNC(=O)C2(c3ccccc3)CCC2)oc1C. The quantitative estimate of drug-likeness (QED) is 0.939.